The summed E-state index contributed by atoms with van der Waals surface area (Å²) in [5.41, 5.74) is 0.701. The van der Waals surface area contributed by atoms with Crippen molar-refractivity contribution in [2.75, 3.05) is 0 Å². The Hall–Kier alpha value is -0.670. The van der Waals surface area contributed by atoms with Gasteiger partial charge in [0.05, 0.1) is 6.10 Å². The van der Waals surface area contributed by atoms with Gasteiger partial charge < -0.3 is 4.74 Å². The minimum absolute atomic E-state index is 0.0117. The van der Waals surface area contributed by atoms with Crippen molar-refractivity contribution in [2.24, 2.45) is 0 Å². The zero-order valence-electron chi connectivity index (χ0n) is 16.0. The molecule has 0 saturated heterocycles. The average Bonchev–Trinajstić information content (AvgIpc) is 2.64. The highest BCUT2D eigenvalue weighted by molar-refractivity contribution is 9.09. The number of carbonyl (C=O) groups is 1. The fourth-order valence-electron chi connectivity index (χ4n) is 3.07. The molecule has 142 valence electrons. The van der Waals surface area contributed by atoms with E-state index in [0.29, 0.717) is 5.56 Å². The second-order valence-electron chi connectivity index (χ2n) is 6.86. The van der Waals surface area contributed by atoms with Gasteiger partial charge in [0.25, 0.3) is 0 Å². The van der Waals surface area contributed by atoms with E-state index in [0.717, 1.165) is 19.3 Å². The van der Waals surface area contributed by atoms with Crippen molar-refractivity contribution in [2.45, 2.75) is 95.6 Å². The molecule has 0 radical (unpaired) electrons. The molecule has 1 rings (SSSR count). The van der Waals surface area contributed by atoms with Gasteiger partial charge in [0, 0.05) is 5.56 Å². The van der Waals surface area contributed by atoms with Crippen LogP contribution >= 0.6 is 15.9 Å². The first-order valence-corrected chi connectivity index (χ1v) is 11.0. The Balaban J connectivity index is 2.27. The standard InChI is InChI=1S/C22H35BrO2/c1-3-5-6-7-8-9-10-14-18-20(15-4-2)25-22(23)21(24)19-16-12-11-13-17-19/h11-13,16-17,20,22H,3-10,14-15,18H2,1-2H3. The summed E-state index contributed by atoms with van der Waals surface area (Å²) >= 11 is 3.44. The second-order valence-corrected chi connectivity index (χ2v) is 7.69. The predicted molar refractivity (Wildman–Crippen MR) is 110 cm³/mol. The van der Waals surface area contributed by atoms with Gasteiger partial charge in [0.15, 0.2) is 5.01 Å². The molecule has 0 aliphatic rings. The van der Waals surface area contributed by atoms with Crippen LogP contribution in [0.4, 0.5) is 0 Å². The molecule has 3 heteroatoms. The average molecular weight is 411 g/mol. The molecule has 0 aromatic heterocycles. The highest BCUT2D eigenvalue weighted by Gasteiger charge is 2.21. The molecule has 0 saturated carbocycles. The summed E-state index contributed by atoms with van der Waals surface area (Å²) in [5, 5.41) is -0.541. The summed E-state index contributed by atoms with van der Waals surface area (Å²) in [5.74, 6) is 0.0117. The number of hydrogen-bond donors (Lipinski definition) is 0. The Bertz CT molecular complexity index is 447. The number of hydrogen-bond acceptors (Lipinski definition) is 2. The number of benzene rings is 1. The number of rotatable bonds is 15. The highest BCUT2D eigenvalue weighted by atomic mass is 79.9. The van der Waals surface area contributed by atoms with E-state index in [2.05, 4.69) is 29.8 Å². The van der Waals surface area contributed by atoms with Gasteiger partial charge in [-0.05, 0) is 28.8 Å². The Kier molecular flexibility index (Phi) is 13.0. The van der Waals surface area contributed by atoms with Crippen LogP contribution < -0.4 is 0 Å². The first-order valence-electron chi connectivity index (χ1n) is 10.1. The van der Waals surface area contributed by atoms with E-state index in [1.54, 1.807) is 0 Å². The monoisotopic (exact) mass is 410 g/mol. The Morgan fingerprint density at radius 2 is 1.48 bits per heavy atom. The van der Waals surface area contributed by atoms with Crippen LogP contribution in [0.15, 0.2) is 30.3 Å². The first kappa shape index (κ1) is 22.4. The summed E-state index contributed by atoms with van der Waals surface area (Å²) in [7, 11) is 0. The maximum atomic E-state index is 12.4. The van der Waals surface area contributed by atoms with Gasteiger partial charge in [-0.25, -0.2) is 0 Å². The third-order valence-corrected chi connectivity index (χ3v) is 5.20. The largest absolute Gasteiger partial charge is 0.355 e. The van der Waals surface area contributed by atoms with Crippen LogP contribution in [0.25, 0.3) is 0 Å². The lowest BCUT2D eigenvalue weighted by molar-refractivity contribution is 0.0252. The summed E-state index contributed by atoms with van der Waals surface area (Å²) in [6, 6.07) is 9.37. The minimum atomic E-state index is -0.541. The van der Waals surface area contributed by atoms with Crippen LogP contribution in [-0.2, 0) is 4.74 Å². The van der Waals surface area contributed by atoms with Gasteiger partial charge in [-0.3, -0.25) is 4.79 Å². The van der Waals surface area contributed by atoms with Gasteiger partial charge in [-0.2, -0.15) is 0 Å². The number of unbranched alkanes of at least 4 members (excludes halogenated alkanes) is 7. The van der Waals surface area contributed by atoms with Crippen molar-refractivity contribution in [3.05, 3.63) is 35.9 Å². The van der Waals surface area contributed by atoms with Crippen LogP contribution in [0.3, 0.4) is 0 Å². The molecule has 0 heterocycles. The van der Waals surface area contributed by atoms with Gasteiger partial charge >= 0.3 is 0 Å². The number of carbonyl (C=O) groups excluding carboxylic acids is 1. The molecule has 0 aliphatic carbocycles. The van der Waals surface area contributed by atoms with E-state index in [4.69, 9.17) is 4.74 Å². The molecular formula is C22H35BrO2. The summed E-state index contributed by atoms with van der Waals surface area (Å²) in [4.78, 5) is 12.4. The quantitative estimate of drug-likeness (QED) is 0.172. The third-order valence-electron chi connectivity index (χ3n) is 4.57. The van der Waals surface area contributed by atoms with Gasteiger partial charge in [0.2, 0.25) is 5.78 Å². The normalized spacial score (nSPS) is 13.6. The molecule has 0 N–H and O–H groups in total. The van der Waals surface area contributed by atoms with Crippen molar-refractivity contribution in [1.82, 2.24) is 0 Å². The molecule has 1 aromatic carbocycles. The third kappa shape index (κ3) is 10.2. The second kappa shape index (κ2) is 14.5. The molecule has 1 aromatic rings. The molecular weight excluding hydrogens is 376 g/mol. The van der Waals surface area contributed by atoms with E-state index in [1.807, 2.05) is 30.3 Å². The first-order chi connectivity index (χ1) is 12.2. The maximum absolute atomic E-state index is 12.4. The Morgan fingerprint density at radius 3 is 2.08 bits per heavy atom. The SMILES string of the molecule is CCCCCCCCCCC(CCC)OC(Br)C(=O)c1ccccc1. The summed E-state index contributed by atoms with van der Waals surface area (Å²) in [6.07, 6.45) is 13.9. The van der Waals surface area contributed by atoms with Crippen molar-refractivity contribution in [3.63, 3.8) is 0 Å². The van der Waals surface area contributed by atoms with Gasteiger partial charge in [-0.1, -0.05) is 102 Å². The maximum Gasteiger partial charge on any atom is 0.202 e. The fraction of sp³-hybridized carbons (Fsp3) is 0.682. The fourth-order valence-corrected chi connectivity index (χ4v) is 3.64. The number of halogens is 1. The number of Topliss-reactive ketones (excluding diaryl/α,β-unsaturated/α-hetero) is 1. The summed E-state index contributed by atoms with van der Waals surface area (Å²) < 4.78 is 6.03. The number of ketones is 1. The summed E-state index contributed by atoms with van der Waals surface area (Å²) in [6.45, 7) is 4.43. The highest BCUT2D eigenvalue weighted by Crippen LogP contribution is 2.20. The van der Waals surface area contributed by atoms with E-state index in [9.17, 15) is 4.79 Å². The van der Waals surface area contributed by atoms with E-state index < -0.39 is 5.01 Å². The van der Waals surface area contributed by atoms with Gasteiger partial charge in [0.1, 0.15) is 0 Å². The smallest absolute Gasteiger partial charge is 0.202 e. The van der Waals surface area contributed by atoms with Crippen molar-refractivity contribution in [3.8, 4) is 0 Å². The van der Waals surface area contributed by atoms with Crippen LogP contribution in [0.5, 0.6) is 0 Å². The molecule has 0 fully saturated rings. The molecule has 0 spiro atoms. The molecule has 2 unspecified atom stereocenters. The molecule has 2 nitrogen and oxygen atoms in total. The zero-order valence-corrected chi connectivity index (χ0v) is 17.6. The Morgan fingerprint density at radius 1 is 0.880 bits per heavy atom. The molecule has 25 heavy (non-hydrogen) atoms. The molecule has 0 aliphatic heterocycles. The number of alkyl halides is 1. The van der Waals surface area contributed by atoms with Crippen LogP contribution in [-0.4, -0.2) is 16.9 Å². The van der Waals surface area contributed by atoms with Crippen LogP contribution in [0.2, 0.25) is 0 Å². The van der Waals surface area contributed by atoms with Crippen molar-refractivity contribution < 1.29 is 9.53 Å². The lowest BCUT2D eigenvalue weighted by Gasteiger charge is -2.20. The zero-order chi connectivity index (χ0) is 18.3. The van der Waals surface area contributed by atoms with Gasteiger partial charge in [-0.15, -0.1) is 0 Å². The van der Waals surface area contributed by atoms with Crippen LogP contribution in [0.1, 0.15) is 94.8 Å². The lowest BCUT2D eigenvalue weighted by atomic mass is 10.0. The lowest BCUT2D eigenvalue weighted by Crippen LogP contribution is -2.25. The molecule has 0 bridgehead atoms. The van der Waals surface area contributed by atoms with Crippen molar-refractivity contribution in [1.29, 1.82) is 0 Å². The topological polar surface area (TPSA) is 26.3 Å². The minimum Gasteiger partial charge on any atom is -0.355 e. The van der Waals surface area contributed by atoms with E-state index in [1.165, 1.54) is 51.4 Å². The predicted octanol–water partition coefficient (Wildman–Crippen LogP) is 7.31. The van der Waals surface area contributed by atoms with E-state index >= 15 is 0 Å². The van der Waals surface area contributed by atoms with Crippen LogP contribution in [0, 0.1) is 0 Å². The molecule has 0 amide bonds. The van der Waals surface area contributed by atoms with E-state index in [-0.39, 0.29) is 11.9 Å². The molecule has 2 atom stereocenters. The number of ether oxygens (including phenoxy) is 1. The Labute approximate surface area is 162 Å². The van der Waals surface area contributed by atoms with Crippen molar-refractivity contribution >= 4 is 21.7 Å².